The van der Waals surface area contributed by atoms with Crippen LogP contribution in [0, 0.1) is 0 Å². The van der Waals surface area contributed by atoms with E-state index >= 15 is 0 Å². The highest BCUT2D eigenvalue weighted by Crippen LogP contribution is 2.29. The van der Waals surface area contributed by atoms with Gasteiger partial charge in [0.05, 0.1) is 0 Å². The molecule has 0 saturated carbocycles. The fraction of sp³-hybridized carbons (Fsp3) is 0.400. The fourth-order valence-electron chi connectivity index (χ4n) is 1.15. The molecular formula is C10H13OS2. The molecule has 0 fully saturated rings. The van der Waals surface area contributed by atoms with Crippen LogP contribution in [0.25, 0.3) is 0 Å². The van der Waals surface area contributed by atoms with Gasteiger partial charge >= 0.3 is 0 Å². The van der Waals surface area contributed by atoms with Crippen molar-refractivity contribution >= 4 is 23.5 Å². The van der Waals surface area contributed by atoms with Crippen molar-refractivity contribution in [3.63, 3.8) is 0 Å². The molecule has 0 N–H and O–H groups in total. The van der Waals surface area contributed by atoms with E-state index in [1.54, 1.807) is 30.4 Å². The molecule has 0 aromatic heterocycles. The number of benzene rings is 1. The minimum absolute atomic E-state index is 0.627. The molecule has 1 aromatic carbocycles. The first-order valence-electron chi connectivity index (χ1n) is 4.06. The largest absolute Gasteiger partial charge is 0.228 e. The van der Waals surface area contributed by atoms with E-state index in [0.29, 0.717) is 0 Å². The highest BCUT2D eigenvalue weighted by Gasteiger charge is 2.08. The highest BCUT2D eigenvalue weighted by atomic mass is 32.2. The van der Waals surface area contributed by atoms with Crippen LogP contribution < -0.4 is 0 Å². The van der Waals surface area contributed by atoms with Crippen LogP contribution in [-0.4, -0.2) is 12.5 Å². The molecule has 3 heteroatoms. The third-order valence-electron chi connectivity index (χ3n) is 1.88. The van der Waals surface area contributed by atoms with Crippen molar-refractivity contribution in [3.05, 3.63) is 23.8 Å². The van der Waals surface area contributed by atoms with E-state index in [1.165, 1.54) is 4.90 Å². The van der Waals surface area contributed by atoms with Gasteiger partial charge < -0.3 is 0 Å². The van der Waals surface area contributed by atoms with Crippen molar-refractivity contribution in [2.24, 2.45) is 0 Å². The molecule has 71 valence electrons. The summed E-state index contributed by atoms with van der Waals surface area (Å²) >= 11 is 3.34. The molecular weight excluding hydrogens is 200 g/mol. The molecule has 1 unspecified atom stereocenters. The molecule has 0 bridgehead atoms. The van der Waals surface area contributed by atoms with E-state index in [0.717, 1.165) is 10.5 Å². The quantitative estimate of drug-likeness (QED) is 0.715. The van der Waals surface area contributed by atoms with E-state index in [2.05, 4.69) is 6.07 Å². The average molecular weight is 213 g/mol. The molecule has 0 aliphatic heterocycles. The van der Waals surface area contributed by atoms with Crippen molar-refractivity contribution in [3.8, 4) is 0 Å². The lowest BCUT2D eigenvalue weighted by Gasteiger charge is -2.09. The van der Waals surface area contributed by atoms with Gasteiger partial charge in [0, 0.05) is 9.79 Å². The van der Waals surface area contributed by atoms with E-state index < -0.39 is 6.10 Å². The molecule has 1 atom stereocenters. The van der Waals surface area contributed by atoms with Crippen LogP contribution in [-0.2, 0) is 5.11 Å². The van der Waals surface area contributed by atoms with Gasteiger partial charge in [-0.05, 0) is 37.1 Å². The number of rotatable bonds is 3. The molecule has 1 nitrogen and oxygen atoms in total. The molecule has 1 rings (SSSR count). The van der Waals surface area contributed by atoms with Gasteiger partial charge in [-0.25, -0.2) is 5.11 Å². The summed E-state index contributed by atoms with van der Waals surface area (Å²) < 4.78 is 0. The topological polar surface area (TPSA) is 19.9 Å². The lowest BCUT2D eigenvalue weighted by molar-refractivity contribution is 0.104. The molecule has 0 aliphatic carbocycles. The zero-order valence-corrected chi connectivity index (χ0v) is 9.67. The molecule has 1 radical (unpaired) electrons. The van der Waals surface area contributed by atoms with Gasteiger partial charge in [-0.15, -0.1) is 23.5 Å². The molecule has 13 heavy (non-hydrogen) atoms. The van der Waals surface area contributed by atoms with Crippen LogP contribution in [0.1, 0.15) is 18.6 Å². The normalized spacial score (nSPS) is 12.9. The maximum atomic E-state index is 11.3. The van der Waals surface area contributed by atoms with Crippen LogP contribution >= 0.6 is 23.5 Å². The van der Waals surface area contributed by atoms with Gasteiger partial charge in [-0.1, -0.05) is 6.07 Å². The summed E-state index contributed by atoms with van der Waals surface area (Å²) in [7, 11) is 0. The van der Waals surface area contributed by atoms with Crippen molar-refractivity contribution in [1.82, 2.24) is 0 Å². The minimum atomic E-state index is -0.627. The Morgan fingerprint density at radius 1 is 1.23 bits per heavy atom. The predicted molar refractivity (Wildman–Crippen MR) is 59.1 cm³/mol. The smallest absolute Gasteiger partial charge is 0.116 e. The Labute approximate surface area is 87.9 Å². The van der Waals surface area contributed by atoms with E-state index in [-0.39, 0.29) is 0 Å². The van der Waals surface area contributed by atoms with Crippen molar-refractivity contribution in [2.75, 3.05) is 12.5 Å². The van der Waals surface area contributed by atoms with Crippen LogP contribution in [0.5, 0.6) is 0 Å². The second-order valence-corrected chi connectivity index (χ2v) is 4.48. The van der Waals surface area contributed by atoms with Gasteiger partial charge in [0.15, 0.2) is 0 Å². The molecule has 1 aromatic rings. The number of thioether (sulfide) groups is 2. The molecule has 0 spiro atoms. The van der Waals surface area contributed by atoms with E-state index in [1.807, 2.05) is 24.6 Å². The Hall–Kier alpha value is -0.120. The Balaban J connectivity index is 3.08. The van der Waals surface area contributed by atoms with Crippen LogP contribution in [0.4, 0.5) is 0 Å². The van der Waals surface area contributed by atoms with Crippen molar-refractivity contribution in [1.29, 1.82) is 0 Å². The predicted octanol–water partition coefficient (Wildman–Crippen LogP) is 3.62. The summed E-state index contributed by atoms with van der Waals surface area (Å²) in [6, 6.07) is 6.03. The summed E-state index contributed by atoms with van der Waals surface area (Å²) in [4.78, 5) is 2.32. The summed E-state index contributed by atoms with van der Waals surface area (Å²) in [5.41, 5.74) is 0.908. The molecule has 0 aliphatic rings. The Bertz CT molecular complexity index is 284. The third-order valence-corrected chi connectivity index (χ3v) is 3.40. The van der Waals surface area contributed by atoms with Crippen molar-refractivity contribution in [2.45, 2.75) is 22.8 Å². The zero-order chi connectivity index (χ0) is 9.84. The monoisotopic (exact) mass is 213 g/mol. The summed E-state index contributed by atoms with van der Waals surface area (Å²) in [6.45, 7) is 1.69. The van der Waals surface area contributed by atoms with Gasteiger partial charge in [0.1, 0.15) is 6.10 Å². The maximum absolute atomic E-state index is 11.3. The molecule has 0 amide bonds. The average Bonchev–Trinajstić information content (AvgIpc) is 2.16. The maximum Gasteiger partial charge on any atom is 0.116 e. The van der Waals surface area contributed by atoms with Gasteiger partial charge in [0.25, 0.3) is 0 Å². The first-order valence-corrected chi connectivity index (χ1v) is 6.51. The molecule has 0 saturated heterocycles. The minimum Gasteiger partial charge on any atom is -0.228 e. The zero-order valence-electron chi connectivity index (χ0n) is 8.03. The third kappa shape index (κ3) is 2.66. The number of hydrogen-bond donors (Lipinski definition) is 0. The van der Waals surface area contributed by atoms with Gasteiger partial charge in [0.2, 0.25) is 0 Å². The first kappa shape index (κ1) is 11.0. The van der Waals surface area contributed by atoms with Gasteiger partial charge in [-0.3, -0.25) is 0 Å². The second-order valence-electron chi connectivity index (χ2n) is 2.75. The van der Waals surface area contributed by atoms with E-state index in [4.69, 9.17) is 0 Å². The first-order chi connectivity index (χ1) is 6.19. The van der Waals surface area contributed by atoms with Gasteiger partial charge in [-0.2, -0.15) is 0 Å². The SMILES string of the molecule is CSc1ccc(C(C)[O])c(SC)c1. The Morgan fingerprint density at radius 3 is 2.38 bits per heavy atom. The van der Waals surface area contributed by atoms with Crippen LogP contribution in [0.15, 0.2) is 28.0 Å². The molecule has 0 heterocycles. The Kier molecular flexibility index (Phi) is 4.16. The summed E-state index contributed by atoms with van der Waals surface area (Å²) in [5.74, 6) is 0. The van der Waals surface area contributed by atoms with Crippen molar-refractivity contribution < 1.29 is 5.11 Å². The Morgan fingerprint density at radius 2 is 1.92 bits per heavy atom. The van der Waals surface area contributed by atoms with E-state index in [9.17, 15) is 5.11 Å². The highest BCUT2D eigenvalue weighted by molar-refractivity contribution is 7.99. The van der Waals surface area contributed by atoms with Crippen LogP contribution in [0.3, 0.4) is 0 Å². The fourth-order valence-corrected chi connectivity index (χ4v) is 2.38. The van der Waals surface area contributed by atoms with Crippen LogP contribution in [0.2, 0.25) is 0 Å². The second kappa shape index (κ2) is 4.94. The lowest BCUT2D eigenvalue weighted by atomic mass is 10.1. The summed E-state index contributed by atoms with van der Waals surface area (Å²) in [6.07, 6.45) is 3.42. The lowest BCUT2D eigenvalue weighted by Crippen LogP contribution is -1.92. The standard InChI is InChI=1S/C10H13OS2/c1-7(11)9-5-4-8(12-2)6-10(9)13-3/h4-7H,1-3H3. The number of hydrogen-bond acceptors (Lipinski definition) is 2. The summed E-state index contributed by atoms with van der Waals surface area (Å²) in [5, 5.41) is 11.3.